The van der Waals surface area contributed by atoms with Gasteiger partial charge in [0, 0.05) is 37.3 Å². The minimum absolute atomic E-state index is 0.194. The summed E-state index contributed by atoms with van der Waals surface area (Å²) in [4.78, 5) is 17.7. The molecule has 0 unspecified atom stereocenters. The van der Waals surface area contributed by atoms with E-state index in [0.29, 0.717) is 11.3 Å². The zero-order valence-electron chi connectivity index (χ0n) is 20.7. The molecule has 0 aliphatic carbocycles. The van der Waals surface area contributed by atoms with Gasteiger partial charge >= 0.3 is 0 Å². The van der Waals surface area contributed by atoms with E-state index in [2.05, 4.69) is 67.0 Å². The van der Waals surface area contributed by atoms with Crippen LogP contribution in [-0.4, -0.2) is 48.5 Å². The van der Waals surface area contributed by atoms with E-state index in [1.807, 2.05) is 12.1 Å². The number of para-hydroxylation sites is 1. The van der Waals surface area contributed by atoms with Crippen LogP contribution >= 0.6 is 0 Å². The number of carbonyl (C=O) groups is 1. The summed E-state index contributed by atoms with van der Waals surface area (Å²) < 4.78 is 6.08. The van der Waals surface area contributed by atoms with Gasteiger partial charge in [0.05, 0.1) is 6.61 Å². The molecule has 2 fully saturated rings. The Bertz CT molecular complexity index is 913. The summed E-state index contributed by atoms with van der Waals surface area (Å²) in [6.07, 6.45) is 5.65. The van der Waals surface area contributed by atoms with Crippen LogP contribution in [0.1, 0.15) is 67.9 Å². The molecule has 178 valence electrons. The van der Waals surface area contributed by atoms with Crippen molar-refractivity contribution in [2.24, 2.45) is 11.3 Å². The topological polar surface area (TPSA) is 32.8 Å². The third-order valence-corrected chi connectivity index (χ3v) is 7.31. The minimum Gasteiger partial charge on any atom is -0.493 e. The first-order chi connectivity index (χ1) is 16.0. The van der Waals surface area contributed by atoms with Crippen molar-refractivity contribution in [1.82, 2.24) is 9.80 Å². The SMILES string of the molecule is CCCc1ccc(C(=O)N2CCC3(CCN(Cc4ccccc4OCC(C)C)C3)CC2)cc1. The number of piperidine rings is 1. The summed E-state index contributed by atoms with van der Waals surface area (Å²) >= 11 is 0. The van der Waals surface area contributed by atoms with E-state index in [-0.39, 0.29) is 5.91 Å². The Morgan fingerprint density at radius 3 is 2.39 bits per heavy atom. The highest BCUT2D eigenvalue weighted by molar-refractivity contribution is 5.94. The molecule has 0 atom stereocenters. The predicted octanol–water partition coefficient (Wildman–Crippen LogP) is 5.80. The first kappa shape index (κ1) is 23.8. The molecule has 0 N–H and O–H groups in total. The van der Waals surface area contributed by atoms with Crippen molar-refractivity contribution in [2.75, 3.05) is 32.8 Å². The molecule has 2 heterocycles. The fourth-order valence-electron chi connectivity index (χ4n) is 5.31. The van der Waals surface area contributed by atoms with Gasteiger partial charge in [-0.25, -0.2) is 0 Å². The van der Waals surface area contributed by atoms with Crippen molar-refractivity contribution in [3.63, 3.8) is 0 Å². The maximum atomic E-state index is 13.0. The fourth-order valence-corrected chi connectivity index (χ4v) is 5.31. The van der Waals surface area contributed by atoms with Crippen LogP contribution in [0.15, 0.2) is 48.5 Å². The molecule has 2 aliphatic heterocycles. The molecule has 2 aromatic carbocycles. The summed E-state index contributed by atoms with van der Waals surface area (Å²) in [5.74, 6) is 1.74. The highest BCUT2D eigenvalue weighted by Crippen LogP contribution is 2.41. The molecule has 1 amide bonds. The molecule has 2 aliphatic rings. The van der Waals surface area contributed by atoms with Crippen molar-refractivity contribution < 1.29 is 9.53 Å². The number of hydrogen-bond acceptors (Lipinski definition) is 3. The fraction of sp³-hybridized carbons (Fsp3) is 0.552. The minimum atomic E-state index is 0.194. The van der Waals surface area contributed by atoms with Gasteiger partial charge in [0.15, 0.2) is 0 Å². The zero-order valence-corrected chi connectivity index (χ0v) is 20.7. The van der Waals surface area contributed by atoms with E-state index in [1.165, 1.54) is 17.5 Å². The van der Waals surface area contributed by atoms with Crippen LogP contribution in [0.2, 0.25) is 0 Å². The Balaban J connectivity index is 1.31. The van der Waals surface area contributed by atoms with Crippen LogP contribution < -0.4 is 4.74 Å². The third kappa shape index (κ3) is 5.97. The third-order valence-electron chi connectivity index (χ3n) is 7.31. The van der Waals surface area contributed by atoms with Crippen molar-refractivity contribution >= 4 is 5.91 Å². The molecule has 1 spiro atoms. The van der Waals surface area contributed by atoms with E-state index in [0.717, 1.165) is 76.3 Å². The summed E-state index contributed by atoms with van der Waals surface area (Å²) in [6, 6.07) is 16.7. The molecule has 2 aromatic rings. The van der Waals surface area contributed by atoms with Gasteiger partial charge in [0.1, 0.15) is 5.75 Å². The van der Waals surface area contributed by atoms with Gasteiger partial charge in [-0.3, -0.25) is 9.69 Å². The lowest BCUT2D eigenvalue weighted by Gasteiger charge is -2.39. The summed E-state index contributed by atoms with van der Waals surface area (Å²) in [5.41, 5.74) is 3.79. The van der Waals surface area contributed by atoms with Gasteiger partial charge in [-0.1, -0.05) is 57.5 Å². The average molecular weight is 449 g/mol. The number of benzene rings is 2. The largest absolute Gasteiger partial charge is 0.493 e. The van der Waals surface area contributed by atoms with Gasteiger partial charge in [0.2, 0.25) is 0 Å². The second kappa shape index (κ2) is 10.7. The van der Waals surface area contributed by atoms with Crippen LogP contribution in [-0.2, 0) is 13.0 Å². The average Bonchev–Trinajstić information content (AvgIpc) is 3.21. The number of nitrogens with zero attached hydrogens (tertiary/aromatic N) is 2. The van der Waals surface area contributed by atoms with E-state index in [4.69, 9.17) is 4.74 Å². The highest BCUT2D eigenvalue weighted by atomic mass is 16.5. The lowest BCUT2D eigenvalue weighted by molar-refractivity contribution is 0.0587. The molecule has 4 rings (SSSR count). The van der Waals surface area contributed by atoms with Crippen molar-refractivity contribution in [1.29, 1.82) is 0 Å². The molecule has 0 aromatic heterocycles. The Labute approximate surface area is 199 Å². The van der Waals surface area contributed by atoms with Crippen LogP contribution in [0.4, 0.5) is 0 Å². The lowest BCUT2D eigenvalue weighted by atomic mass is 9.77. The van der Waals surface area contributed by atoms with Gasteiger partial charge in [0.25, 0.3) is 5.91 Å². The Kier molecular flexibility index (Phi) is 7.75. The number of hydrogen-bond donors (Lipinski definition) is 0. The number of rotatable bonds is 8. The second-order valence-electron chi connectivity index (χ2n) is 10.5. The number of aryl methyl sites for hydroxylation is 1. The van der Waals surface area contributed by atoms with Gasteiger partial charge in [-0.05, 0) is 67.3 Å². The standard InChI is InChI=1S/C29H40N2O2/c1-4-7-24-10-12-25(13-11-24)28(32)31-18-15-29(16-19-31)14-17-30(22-29)20-26-8-5-6-9-27(26)33-21-23(2)3/h5-6,8-13,23H,4,7,14-22H2,1-3H3. The Morgan fingerprint density at radius 2 is 1.70 bits per heavy atom. The molecule has 4 nitrogen and oxygen atoms in total. The van der Waals surface area contributed by atoms with E-state index in [1.54, 1.807) is 0 Å². The van der Waals surface area contributed by atoms with Crippen LogP contribution in [0.3, 0.4) is 0 Å². The van der Waals surface area contributed by atoms with Crippen molar-refractivity contribution in [3.8, 4) is 5.75 Å². The maximum absolute atomic E-state index is 13.0. The van der Waals surface area contributed by atoms with Crippen molar-refractivity contribution in [3.05, 3.63) is 65.2 Å². The smallest absolute Gasteiger partial charge is 0.253 e. The molecule has 0 saturated carbocycles. The number of amides is 1. The van der Waals surface area contributed by atoms with Crippen LogP contribution in [0.5, 0.6) is 5.75 Å². The maximum Gasteiger partial charge on any atom is 0.253 e. The summed E-state index contributed by atoms with van der Waals surface area (Å²) in [6.45, 7) is 12.3. The summed E-state index contributed by atoms with van der Waals surface area (Å²) in [7, 11) is 0. The molecular formula is C29H40N2O2. The quantitative estimate of drug-likeness (QED) is 0.511. The molecule has 0 bridgehead atoms. The number of carbonyl (C=O) groups excluding carboxylic acids is 1. The first-order valence-electron chi connectivity index (χ1n) is 12.8. The van der Waals surface area contributed by atoms with Gasteiger partial charge in [-0.15, -0.1) is 0 Å². The highest BCUT2D eigenvalue weighted by Gasteiger charge is 2.41. The van der Waals surface area contributed by atoms with E-state index in [9.17, 15) is 4.79 Å². The summed E-state index contributed by atoms with van der Waals surface area (Å²) in [5, 5.41) is 0. The first-order valence-corrected chi connectivity index (χ1v) is 12.8. The Hall–Kier alpha value is -2.33. The molecule has 0 radical (unpaired) electrons. The van der Waals surface area contributed by atoms with Gasteiger partial charge < -0.3 is 9.64 Å². The predicted molar refractivity (Wildman–Crippen MR) is 135 cm³/mol. The van der Waals surface area contributed by atoms with Gasteiger partial charge in [-0.2, -0.15) is 0 Å². The lowest BCUT2D eigenvalue weighted by Crippen LogP contribution is -2.44. The van der Waals surface area contributed by atoms with E-state index < -0.39 is 0 Å². The normalized spacial score (nSPS) is 18.2. The number of likely N-dealkylation sites (tertiary alicyclic amines) is 2. The number of ether oxygens (including phenoxy) is 1. The molecule has 33 heavy (non-hydrogen) atoms. The van der Waals surface area contributed by atoms with Crippen LogP contribution in [0, 0.1) is 11.3 Å². The molecule has 2 saturated heterocycles. The van der Waals surface area contributed by atoms with E-state index >= 15 is 0 Å². The second-order valence-corrected chi connectivity index (χ2v) is 10.5. The van der Waals surface area contributed by atoms with Crippen LogP contribution in [0.25, 0.3) is 0 Å². The molecule has 4 heteroatoms. The monoisotopic (exact) mass is 448 g/mol. The van der Waals surface area contributed by atoms with Crippen molar-refractivity contribution in [2.45, 2.75) is 59.4 Å². The Morgan fingerprint density at radius 1 is 1.00 bits per heavy atom. The molecular weight excluding hydrogens is 408 g/mol. The zero-order chi connectivity index (χ0) is 23.3.